The zero-order valence-electron chi connectivity index (χ0n) is 9.16. The minimum atomic E-state index is -0.748. The molecule has 0 bridgehead atoms. The molecule has 4 heteroatoms. The fourth-order valence-electron chi connectivity index (χ4n) is 2.23. The van der Waals surface area contributed by atoms with Crippen molar-refractivity contribution in [2.45, 2.75) is 43.7 Å². The molecule has 0 aromatic carbocycles. The topological polar surface area (TPSA) is 58.6 Å². The molecule has 0 aliphatic heterocycles. The smallest absolute Gasteiger partial charge is 0.323 e. The zero-order chi connectivity index (χ0) is 10.9. The van der Waals surface area contributed by atoms with Crippen LogP contribution in [0.3, 0.4) is 0 Å². The zero-order valence-corrected chi connectivity index (χ0v) is 9.16. The maximum Gasteiger partial charge on any atom is 0.323 e. The number of nitrogens with one attached hydrogen (secondary N) is 1. The number of hydrogen-bond donors (Lipinski definition) is 2. The predicted molar refractivity (Wildman–Crippen MR) is 55.7 cm³/mol. The maximum absolute atomic E-state index is 11.1. The van der Waals surface area contributed by atoms with Crippen LogP contribution >= 0.6 is 0 Å². The van der Waals surface area contributed by atoms with Crippen molar-refractivity contribution >= 4 is 5.97 Å². The van der Waals surface area contributed by atoms with Gasteiger partial charge in [0.05, 0.1) is 6.10 Å². The van der Waals surface area contributed by atoms with Gasteiger partial charge < -0.3 is 15.2 Å². The molecule has 86 valence electrons. The van der Waals surface area contributed by atoms with E-state index in [1.165, 1.54) is 12.8 Å². The highest BCUT2D eigenvalue weighted by Gasteiger charge is 2.45. The van der Waals surface area contributed by atoms with Gasteiger partial charge in [0.2, 0.25) is 0 Å². The first kappa shape index (κ1) is 10.9. The van der Waals surface area contributed by atoms with Crippen LogP contribution < -0.4 is 5.32 Å². The molecule has 2 unspecified atom stereocenters. The second kappa shape index (κ2) is 4.10. The van der Waals surface area contributed by atoms with Crippen LogP contribution in [0.25, 0.3) is 0 Å². The quantitative estimate of drug-likeness (QED) is 0.715. The summed E-state index contributed by atoms with van der Waals surface area (Å²) in [6, 6.07) is 0. The van der Waals surface area contributed by atoms with E-state index in [4.69, 9.17) is 9.84 Å². The van der Waals surface area contributed by atoms with Crippen LogP contribution in [0.4, 0.5) is 0 Å². The number of aliphatic carboxylic acids is 1. The van der Waals surface area contributed by atoms with Crippen molar-refractivity contribution in [3.63, 3.8) is 0 Å². The third-order valence-electron chi connectivity index (χ3n) is 3.62. The molecule has 0 aromatic heterocycles. The molecule has 2 atom stereocenters. The molecule has 2 aliphatic rings. The number of likely N-dealkylation sites (N-methyl/N-ethyl adjacent to an activating group) is 1. The Labute approximate surface area is 90.0 Å². The van der Waals surface area contributed by atoms with Crippen LogP contribution in [0.15, 0.2) is 0 Å². The van der Waals surface area contributed by atoms with Gasteiger partial charge in [0, 0.05) is 13.0 Å². The van der Waals surface area contributed by atoms with Crippen LogP contribution in [0.2, 0.25) is 0 Å². The molecule has 0 spiro atoms. The third kappa shape index (κ3) is 2.32. The summed E-state index contributed by atoms with van der Waals surface area (Å²) in [5.41, 5.74) is -0.742. The van der Waals surface area contributed by atoms with Gasteiger partial charge in [0.25, 0.3) is 0 Å². The van der Waals surface area contributed by atoms with Gasteiger partial charge in [-0.3, -0.25) is 4.79 Å². The Hall–Kier alpha value is -0.610. The first-order valence-corrected chi connectivity index (χ1v) is 5.70. The normalized spacial score (nSPS) is 35.7. The standard InChI is InChI=1S/C11H19NO3/c1-12-11(10(13)14)5-4-9(6-11)15-7-8-2-3-8/h8-9,12H,2-7H2,1H3,(H,13,14). The number of hydrogen-bond acceptors (Lipinski definition) is 3. The summed E-state index contributed by atoms with van der Waals surface area (Å²) in [5, 5.41) is 12.1. The van der Waals surface area contributed by atoms with Crippen molar-refractivity contribution in [3.05, 3.63) is 0 Å². The third-order valence-corrected chi connectivity index (χ3v) is 3.62. The molecule has 2 fully saturated rings. The maximum atomic E-state index is 11.1. The van der Waals surface area contributed by atoms with E-state index in [1.54, 1.807) is 7.05 Å². The van der Waals surface area contributed by atoms with Gasteiger partial charge >= 0.3 is 5.97 Å². The van der Waals surface area contributed by atoms with E-state index in [-0.39, 0.29) is 6.10 Å². The van der Waals surface area contributed by atoms with Crippen molar-refractivity contribution in [3.8, 4) is 0 Å². The second-order valence-electron chi connectivity index (χ2n) is 4.78. The Morgan fingerprint density at radius 2 is 2.27 bits per heavy atom. The summed E-state index contributed by atoms with van der Waals surface area (Å²) in [5.74, 6) is 0.00179. The average Bonchev–Trinajstić information content (AvgIpc) is 2.95. The van der Waals surface area contributed by atoms with Gasteiger partial charge in [-0.05, 0) is 38.6 Å². The van der Waals surface area contributed by atoms with Gasteiger partial charge in [-0.2, -0.15) is 0 Å². The van der Waals surface area contributed by atoms with E-state index < -0.39 is 11.5 Å². The highest BCUT2D eigenvalue weighted by atomic mass is 16.5. The van der Waals surface area contributed by atoms with Gasteiger partial charge in [0.1, 0.15) is 5.54 Å². The summed E-state index contributed by atoms with van der Waals surface area (Å²) in [6.45, 7) is 0.823. The van der Waals surface area contributed by atoms with Crippen molar-refractivity contribution < 1.29 is 14.6 Å². The van der Waals surface area contributed by atoms with E-state index in [9.17, 15) is 4.79 Å². The van der Waals surface area contributed by atoms with Gasteiger partial charge in [-0.1, -0.05) is 0 Å². The Morgan fingerprint density at radius 3 is 2.73 bits per heavy atom. The van der Waals surface area contributed by atoms with Gasteiger partial charge in [0.15, 0.2) is 0 Å². The minimum Gasteiger partial charge on any atom is -0.480 e. The Morgan fingerprint density at radius 1 is 1.53 bits per heavy atom. The number of carboxylic acid groups (broad SMARTS) is 1. The summed E-state index contributed by atoms with van der Waals surface area (Å²) >= 11 is 0. The summed E-state index contributed by atoms with van der Waals surface area (Å²) < 4.78 is 5.73. The van der Waals surface area contributed by atoms with Crippen molar-refractivity contribution in [2.75, 3.05) is 13.7 Å². The molecule has 0 aromatic rings. The Balaban J connectivity index is 1.83. The summed E-state index contributed by atoms with van der Waals surface area (Å²) in [6.07, 6.45) is 4.83. The molecule has 4 nitrogen and oxygen atoms in total. The monoisotopic (exact) mass is 213 g/mol. The number of ether oxygens (including phenoxy) is 1. The van der Waals surface area contributed by atoms with E-state index in [0.29, 0.717) is 12.8 Å². The lowest BCUT2D eigenvalue weighted by molar-refractivity contribution is -0.144. The van der Waals surface area contributed by atoms with Gasteiger partial charge in [-0.25, -0.2) is 0 Å². The first-order valence-electron chi connectivity index (χ1n) is 5.70. The van der Waals surface area contributed by atoms with E-state index >= 15 is 0 Å². The average molecular weight is 213 g/mol. The predicted octanol–water partition coefficient (Wildman–Crippen LogP) is 1.01. The largest absolute Gasteiger partial charge is 0.480 e. The molecular formula is C11H19NO3. The van der Waals surface area contributed by atoms with Crippen LogP contribution in [0.5, 0.6) is 0 Å². The number of carboxylic acids is 1. The van der Waals surface area contributed by atoms with Crippen LogP contribution in [-0.2, 0) is 9.53 Å². The van der Waals surface area contributed by atoms with Crippen LogP contribution in [0.1, 0.15) is 32.1 Å². The fourth-order valence-corrected chi connectivity index (χ4v) is 2.23. The van der Waals surface area contributed by atoms with Crippen LogP contribution in [0, 0.1) is 5.92 Å². The summed E-state index contributed by atoms with van der Waals surface area (Å²) in [4.78, 5) is 11.1. The molecule has 15 heavy (non-hydrogen) atoms. The number of carbonyl (C=O) groups is 1. The molecular weight excluding hydrogens is 194 g/mol. The van der Waals surface area contributed by atoms with E-state index in [0.717, 1.165) is 18.9 Å². The molecule has 2 saturated carbocycles. The Kier molecular flexibility index (Phi) is 2.98. The second-order valence-corrected chi connectivity index (χ2v) is 4.78. The van der Waals surface area contributed by atoms with Crippen LogP contribution in [-0.4, -0.2) is 36.4 Å². The van der Waals surface area contributed by atoms with Gasteiger partial charge in [-0.15, -0.1) is 0 Å². The SMILES string of the molecule is CNC1(C(=O)O)CCC(OCC2CC2)C1. The van der Waals surface area contributed by atoms with Crippen molar-refractivity contribution in [1.82, 2.24) is 5.32 Å². The lowest BCUT2D eigenvalue weighted by Crippen LogP contribution is -2.48. The molecule has 2 N–H and O–H groups in total. The lowest BCUT2D eigenvalue weighted by Gasteiger charge is -2.23. The molecule has 0 heterocycles. The lowest BCUT2D eigenvalue weighted by atomic mass is 9.98. The first-order chi connectivity index (χ1) is 7.16. The molecule has 0 saturated heterocycles. The fraction of sp³-hybridized carbons (Fsp3) is 0.909. The Bertz CT molecular complexity index is 252. The minimum absolute atomic E-state index is 0.133. The highest BCUT2D eigenvalue weighted by Crippen LogP contribution is 2.35. The highest BCUT2D eigenvalue weighted by molar-refractivity contribution is 5.79. The van der Waals surface area contributed by atoms with E-state index in [1.807, 2.05) is 0 Å². The van der Waals surface area contributed by atoms with Crippen molar-refractivity contribution in [2.24, 2.45) is 5.92 Å². The molecule has 0 amide bonds. The van der Waals surface area contributed by atoms with Crippen molar-refractivity contribution in [1.29, 1.82) is 0 Å². The summed E-state index contributed by atoms with van der Waals surface area (Å²) in [7, 11) is 1.72. The molecule has 0 radical (unpaired) electrons. The van der Waals surface area contributed by atoms with E-state index in [2.05, 4.69) is 5.32 Å². The molecule has 2 aliphatic carbocycles. The number of rotatable bonds is 5. The molecule has 2 rings (SSSR count).